The Kier molecular flexibility index (Phi) is 5.28. The number of fused-ring (bicyclic) bond motifs is 1. The van der Waals surface area contributed by atoms with Crippen LogP contribution in [0.1, 0.15) is 30.7 Å². The molecule has 1 aromatic heterocycles. The van der Waals surface area contributed by atoms with E-state index in [0.29, 0.717) is 24.6 Å². The SMILES string of the molecule is CCOC(=O)Cn1c([C@H]2CC(=O)N(c3ccc(Cl)c(C)c3)C2)nc2ccccc21. The van der Waals surface area contributed by atoms with Crippen LogP contribution in [0.3, 0.4) is 0 Å². The quantitative estimate of drug-likeness (QED) is 0.593. The molecule has 0 radical (unpaired) electrons. The molecule has 1 atom stereocenters. The zero-order valence-electron chi connectivity index (χ0n) is 16.4. The molecule has 1 aliphatic rings. The van der Waals surface area contributed by atoms with Crippen LogP contribution in [0.2, 0.25) is 5.02 Å². The van der Waals surface area contributed by atoms with E-state index in [4.69, 9.17) is 21.3 Å². The number of halogens is 1. The normalized spacial score (nSPS) is 16.6. The number of benzene rings is 2. The fourth-order valence-electron chi connectivity index (χ4n) is 3.83. The first-order valence-corrected chi connectivity index (χ1v) is 10.0. The zero-order chi connectivity index (χ0) is 20.5. The highest BCUT2D eigenvalue weighted by molar-refractivity contribution is 6.31. The van der Waals surface area contributed by atoms with E-state index in [-0.39, 0.29) is 24.3 Å². The lowest BCUT2D eigenvalue weighted by molar-refractivity contribution is -0.143. The van der Waals surface area contributed by atoms with Crippen molar-refractivity contribution in [1.29, 1.82) is 0 Å². The van der Waals surface area contributed by atoms with Crippen molar-refractivity contribution >= 4 is 40.2 Å². The third kappa shape index (κ3) is 3.72. The average Bonchev–Trinajstić information content (AvgIpc) is 3.25. The van der Waals surface area contributed by atoms with Gasteiger partial charge in [0.05, 0.1) is 17.6 Å². The number of hydrogen-bond donors (Lipinski definition) is 0. The summed E-state index contributed by atoms with van der Waals surface area (Å²) in [7, 11) is 0. The van der Waals surface area contributed by atoms with Crippen molar-refractivity contribution < 1.29 is 14.3 Å². The Hall–Kier alpha value is -2.86. The summed E-state index contributed by atoms with van der Waals surface area (Å²) in [6.07, 6.45) is 0.341. The molecule has 0 unspecified atom stereocenters. The van der Waals surface area contributed by atoms with E-state index in [9.17, 15) is 9.59 Å². The van der Waals surface area contributed by atoms with E-state index < -0.39 is 0 Å². The molecule has 6 nitrogen and oxygen atoms in total. The van der Waals surface area contributed by atoms with Gasteiger partial charge in [-0.1, -0.05) is 23.7 Å². The number of amides is 1. The van der Waals surface area contributed by atoms with Gasteiger partial charge in [0.2, 0.25) is 5.91 Å². The number of anilines is 1. The molecule has 4 rings (SSSR count). The Bertz CT molecular complexity index is 1090. The monoisotopic (exact) mass is 411 g/mol. The lowest BCUT2D eigenvalue weighted by Gasteiger charge is -2.18. The van der Waals surface area contributed by atoms with Crippen molar-refractivity contribution in [3.8, 4) is 0 Å². The number of ether oxygens (including phenoxy) is 1. The molecular formula is C22H22ClN3O3. The molecule has 1 aliphatic heterocycles. The third-order valence-electron chi connectivity index (χ3n) is 5.22. The maximum atomic E-state index is 12.8. The number of imidazole rings is 1. The van der Waals surface area contributed by atoms with Crippen LogP contribution in [0.5, 0.6) is 0 Å². The second-order valence-corrected chi connectivity index (χ2v) is 7.60. The van der Waals surface area contributed by atoms with Crippen LogP contribution < -0.4 is 4.90 Å². The van der Waals surface area contributed by atoms with Crippen LogP contribution >= 0.6 is 11.6 Å². The number of hydrogen-bond acceptors (Lipinski definition) is 4. The molecule has 1 saturated heterocycles. The maximum absolute atomic E-state index is 12.8. The number of carbonyl (C=O) groups excluding carboxylic acids is 2. The Balaban J connectivity index is 1.68. The van der Waals surface area contributed by atoms with Crippen LogP contribution in [-0.2, 0) is 20.9 Å². The largest absolute Gasteiger partial charge is 0.465 e. The van der Waals surface area contributed by atoms with E-state index in [1.807, 2.05) is 54.0 Å². The molecule has 0 aliphatic carbocycles. The predicted octanol–water partition coefficient (Wildman–Crippen LogP) is 4.08. The van der Waals surface area contributed by atoms with Gasteiger partial charge in [0, 0.05) is 29.6 Å². The van der Waals surface area contributed by atoms with Gasteiger partial charge >= 0.3 is 5.97 Å². The lowest BCUT2D eigenvalue weighted by atomic mass is 10.1. The summed E-state index contributed by atoms with van der Waals surface area (Å²) in [5, 5.41) is 0.674. The van der Waals surface area contributed by atoms with Crippen LogP contribution in [0.15, 0.2) is 42.5 Å². The summed E-state index contributed by atoms with van der Waals surface area (Å²) in [5.74, 6) is 0.346. The molecule has 0 spiro atoms. The number of aromatic nitrogens is 2. The summed E-state index contributed by atoms with van der Waals surface area (Å²) >= 11 is 6.13. The standard InChI is InChI=1S/C22H22ClN3O3/c1-3-29-21(28)13-26-19-7-5-4-6-18(19)24-22(26)15-11-20(27)25(12-15)16-8-9-17(23)14(2)10-16/h4-10,15H,3,11-13H2,1-2H3/t15-/m0/s1. The molecule has 1 amide bonds. The van der Waals surface area contributed by atoms with Crippen molar-refractivity contribution in [2.45, 2.75) is 32.7 Å². The van der Waals surface area contributed by atoms with E-state index in [2.05, 4.69) is 0 Å². The Morgan fingerprint density at radius 2 is 2.07 bits per heavy atom. The summed E-state index contributed by atoms with van der Waals surface area (Å²) in [6, 6.07) is 13.3. The Morgan fingerprint density at radius 3 is 2.83 bits per heavy atom. The fourth-order valence-corrected chi connectivity index (χ4v) is 3.95. The van der Waals surface area contributed by atoms with Gasteiger partial charge in [0.25, 0.3) is 0 Å². The van der Waals surface area contributed by atoms with E-state index >= 15 is 0 Å². The molecule has 1 fully saturated rings. The number of esters is 1. The van der Waals surface area contributed by atoms with Crippen molar-refractivity contribution in [3.63, 3.8) is 0 Å². The highest BCUT2D eigenvalue weighted by Gasteiger charge is 2.35. The van der Waals surface area contributed by atoms with Gasteiger partial charge in [-0.3, -0.25) is 9.59 Å². The zero-order valence-corrected chi connectivity index (χ0v) is 17.1. The molecule has 0 N–H and O–H groups in total. The van der Waals surface area contributed by atoms with E-state index in [1.165, 1.54) is 0 Å². The van der Waals surface area contributed by atoms with Crippen molar-refractivity contribution in [3.05, 3.63) is 58.9 Å². The minimum atomic E-state index is -0.314. The smallest absolute Gasteiger partial charge is 0.326 e. The number of nitrogens with zero attached hydrogens (tertiary/aromatic N) is 3. The molecule has 3 aromatic rings. The van der Waals surface area contributed by atoms with Crippen molar-refractivity contribution in [2.75, 3.05) is 18.1 Å². The van der Waals surface area contributed by atoms with Gasteiger partial charge in [-0.2, -0.15) is 0 Å². The molecule has 7 heteroatoms. The molecular weight excluding hydrogens is 390 g/mol. The third-order valence-corrected chi connectivity index (χ3v) is 5.64. The van der Waals surface area contributed by atoms with Gasteiger partial charge in [0.15, 0.2) is 0 Å². The molecule has 29 heavy (non-hydrogen) atoms. The second kappa shape index (κ2) is 7.87. The highest BCUT2D eigenvalue weighted by Crippen LogP contribution is 2.34. The first-order valence-electron chi connectivity index (χ1n) is 9.65. The van der Waals surface area contributed by atoms with Crippen LogP contribution in [0.4, 0.5) is 5.69 Å². The second-order valence-electron chi connectivity index (χ2n) is 7.19. The summed E-state index contributed by atoms with van der Waals surface area (Å²) in [4.78, 5) is 31.5. The number of carbonyl (C=O) groups is 2. The number of rotatable bonds is 5. The summed E-state index contributed by atoms with van der Waals surface area (Å²) in [5.41, 5.74) is 3.42. The minimum Gasteiger partial charge on any atom is -0.465 e. The summed E-state index contributed by atoms with van der Waals surface area (Å²) in [6.45, 7) is 4.61. The maximum Gasteiger partial charge on any atom is 0.326 e. The van der Waals surface area contributed by atoms with Crippen molar-refractivity contribution in [1.82, 2.24) is 9.55 Å². The molecule has 2 heterocycles. The van der Waals surface area contributed by atoms with Gasteiger partial charge in [0.1, 0.15) is 12.4 Å². The van der Waals surface area contributed by atoms with Crippen molar-refractivity contribution in [2.24, 2.45) is 0 Å². The molecule has 0 saturated carbocycles. The topological polar surface area (TPSA) is 64.4 Å². The van der Waals surface area contributed by atoms with E-state index in [1.54, 1.807) is 11.8 Å². The summed E-state index contributed by atoms with van der Waals surface area (Å²) < 4.78 is 7.02. The number of aryl methyl sites for hydroxylation is 1. The van der Waals surface area contributed by atoms with Crippen LogP contribution in [0, 0.1) is 6.92 Å². The van der Waals surface area contributed by atoms with Gasteiger partial charge in [-0.25, -0.2) is 4.98 Å². The predicted molar refractivity (Wildman–Crippen MR) is 112 cm³/mol. The molecule has 0 bridgehead atoms. The Morgan fingerprint density at radius 1 is 1.28 bits per heavy atom. The van der Waals surface area contributed by atoms with Gasteiger partial charge < -0.3 is 14.2 Å². The highest BCUT2D eigenvalue weighted by atomic mass is 35.5. The lowest BCUT2D eigenvalue weighted by Crippen LogP contribution is -2.25. The fraction of sp³-hybridized carbons (Fsp3) is 0.318. The minimum absolute atomic E-state index is 0.0338. The first-order chi connectivity index (χ1) is 14.0. The van der Waals surface area contributed by atoms with Gasteiger partial charge in [-0.15, -0.1) is 0 Å². The Labute approximate surface area is 174 Å². The molecule has 2 aromatic carbocycles. The average molecular weight is 412 g/mol. The van der Waals surface area contributed by atoms with Crippen LogP contribution in [0.25, 0.3) is 11.0 Å². The van der Waals surface area contributed by atoms with Gasteiger partial charge in [-0.05, 0) is 49.7 Å². The van der Waals surface area contributed by atoms with Crippen LogP contribution in [-0.4, -0.2) is 34.6 Å². The number of para-hydroxylation sites is 2. The molecule has 150 valence electrons. The van der Waals surface area contributed by atoms with E-state index in [0.717, 1.165) is 28.1 Å². The first kappa shape index (κ1) is 19.5.